The smallest absolute Gasteiger partial charge is 0.283 e. The third kappa shape index (κ3) is 3.55. The summed E-state index contributed by atoms with van der Waals surface area (Å²) in [6, 6.07) is 5.12. The van der Waals surface area contributed by atoms with Gasteiger partial charge in [-0.2, -0.15) is 5.48 Å². The van der Waals surface area contributed by atoms with Gasteiger partial charge in [0, 0.05) is 0 Å². The van der Waals surface area contributed by atoms with Crippen LogP contribution in [0.5, 0.6) is 5.75 Å². The maximum absolute atomic E-state index is 12.5. The molecule has 2 N–H and O–H groups in total. The number of benzene rings is 1. The van der Waals surface area contributed by atoms with Crippen molar-refractivity contribution in [2.24, 2.45) is 0 Å². The van der Waals surface area contributed by atoms with Crippen molar-refractivity contribution in [3.05, 3.63) is 30.1 Å². The Hall–Kier alpha value is -1.62. The van der Waals surface area contributed by atoms with E-state index in [4.69, 9.17) is 4.84 Å². The summed E-state index contributed by atoms with van der Waals surface area (Å²) in [5, 5.41) is 9.26. The van der Waals surface area contributed by atoms with E-state index in [1.54, 1.807) is 0 Å². The minimum atomic E-state index is -1.51. The van der Waals surface area contributed by atoms with Crippen LogP contribution in [-0.4, -0.2) is 16.6 Å². The molecule has 0 fully saturated rings. The molecule has 0 aliphatic heterocycles. The molecule has 1 aromatic rings. The van der Waals surface area contributed by atoms with E-state index in [1.165, 1.54) is 38.1 Å². The van der Waals surface area contributed by atoms with Gasteiger partial charge in [0.05, 0.1) is 0 Å². The number of carbonyl (C=O) groups is 1. The van der Waals surface area contributed by atoms with Gasteiger partial charge in [0.1, 0.15) is 11.4 Å². The first kappa shape index (κ1) is 11.5. The highest BCUT2D eigenvalue weighted by molar-refractivity contribution is 5.83. The van der Waals surface area contributed by atoms with Gasteiger partial charge in [-0.05, 0) is 38.1 Å². The molecule has 15 heavy (non-hydrogen) atoms. The van der Waals surface area contributed by atoms with Gasteiger partial charge < -0.3 is 9.94 Å². The Kier molecular flexibility index (Phi) is 3.26. The van der Waals surface area contributed by atoms with Crippen LogP contribution in [0.3, 0.4) is 0 Å². The third-order valence-corrected chi connectivity index (χ3v) is 1.63. The van der Waals surface area contributed by atoms with Crippen LogP contribution in [0.2, 0.25) is 0 Å². The Bertz CT molecular complexity index is 343. The van der Waals surface area contributed by atoms with E-state index in [2.05, 4.69) is 0 Å². The van der Waals surface area contributed by atoms with Gasteiger partial charge in [-0.3, -0.25) is 4.79 Å². The van der Waals surface area contributed by atoms with Crippen LogP contribution in [0.25, 0.3) is 0 Å². The first-order valence-electron chi connectivity index (χ1n) is 4.35. The standard InChI is InChI=1S/C10H12FNO3/c1-10(2,14)9(13)12-15-8-5-3-7(11)4-6-8/h3-6,14H,1-2H3,(H,12,13). The Balaban J connectivity index is 2.51. The van der Waals surface area contributed by atoms with E-state index >= 15 is 0 Å². The highest BCUT2D eigenvalue weighted by Gasteiger charge is 2.24. The van der Waals surface area contributed by atoms with E-state index in [1.807, 2.05) is 5.48 Å². The zero-order valence-electron chi connectivity index (χ0n) is 8.45. The number of aliphatic hydroxyl groups is 1. The van der Waals surface area contributed by atoms with E-state index in [0.717, 1.165) is 0 Å². The van der Waals surface area contributed by atoms with Gasteiger partial charge in [0.2, 0.25) is 0 Å². The molecule has 82 valence electrons. The minimum absolute atomic E-state index is 0.286. The van der Waals surface area contributed by atoms with E-state index < -0.39 is 17.3 Å². The molecular weight excluding hydrogens is 201 g/mol. The zero-order valence-corrected chi connectivity index (χ0v) is 8.45. The van der Waals surface area contributed by atoms with E-state index in [-0.39, 0.29) is 5.75 Å². The summed E-state index contributed by atoms with van der Waals surface area (Å²) in [5.41, 5.74) is 0.533. The molecule has 1 rings (SSSR count). The van der Waals surface area contributed by atoms with Gasteiger partial charge >= 0.3 is 0 Å². The van der Waals surface area contributed by atoms with Gasteiger partial charge in [-0.15, -0.1) is 0 Å². The van der Waals surface area contributed by atoms with E-state index in [9.17, 15) is 14.3 Å². The molecule has 0 saturated carbocycles. The Morgan fingerprint density at radius 1 is 1.40 bits per heavy atom. The largest absolute Gasteiger partial charge is 0.380 e. The lowest BCUT2D eigenvalue weighted by molar-refractivity contribution is -0.143. The third-order valence-electron chi connectivity index (χ3n) is 1.63. The lowest BCUT2D eigenvalue weighted by Gasteiger charge is -2.16. The molecule has 0 spiro atoms. The molecule has 0 unspecified atom stereocenters. The molecule has 0 atom stereocenters. The van der Waals surface area contributed by atoms with Crippen LogP contribution in [0.4, 0.5) is 4.39 Å². The molecule has 1 aromatic carbocycles. The summed E-state index contributed by atoms with van der Waals surface area (Å²) in [5.74, 6) is -0.781. The van der Waals surface area contributed by atoms with Crippen LogP contribution in [0.15, 0.2) is 24.3 Å². The predicted octanol–water partition coefficient (Wildman–Crippen LogP) is 1.01. The maximum Gasteiger partial charge on any atom is 0.283 e. The average molecular weight is 213 g/mol. The highest BCUT2D eigenvalue weighted by atomic mass is 19.1. The number of nitrogens with one attached hydrogen (secondary N) is 1. The molecule has 0 aliphatic rings. The molecule has 0 aromatic heterocycles. The summed E-state index contributed by atoms with van der Waals surface area (Å²) < 4.78 is 12.5. The fraction of sp³-hybridized carbons (Fsp3) is 0.300. The number of amides is 1. The molecule has 0 heterocycles. The SMILES string of the molecule is CC(C)(O)C(=O)NOc1ccc(F)cc1. The molecule has 0 aliphatic carbocycles. The topological polar surface area (TPSA) is 58.6 Å². The number of hydrogen-bond acceptors (Lipinski definition) is 3. The molecule has 5 heteroatoms. The summed E-state index contributed by atoms with van der Waals surface area (Å²) in [4.78, 5) is 16.0. The van der Waals surface area contributed by atoms with Crippen molar-refractivity contribution in [1.82, 2.24) is 5.48 Å². The zero-order chi connectivity index (χ0) is 11.5. The van der Waals surface area contributed by atoms with Crippen molar-refractivity contribution in [2.75, 3.05) is 0 Å². The number of hydroxylamine groups is 1. The lowest BCUT2D eigenvalue weighted by Crippen LogP contribution is -2.43. The Morgan fingerprint density at radius 3 is 2.40 bits per heavy atom. The molecule has 0 saturated heterocycles. The van der Waals surface area contributed by atoms with Gasteiger partial charge in [-0.1, -0.05) is 0 Å². The quantitative estimate of drug-likeness (QED) is 0.736. The average Bonchev–Trinajstić information content (AvgIpc) is 2.15. The Labute approximate surface area is 86.6 Å². The molecule has 4 nitrogen and oxygen atoms in total. The predicted molar refractivity (Wildman–Crippen MR) is 51.5 cm³/mol. The summed E-state index contributed by atoms with van der Waals surface area (Å²) >= 11 is 0. The first-order valence-corrected chi connectivity index (χ1v) is 4.35. The van der Waals surface area contributed by atoms with Gasteiger partial charge in [0.25, 0.3) is 5.91 Å². The minimum Gasteiger partial charge on any atom is -0.380 e. The number of halogens is 1. The van der Waals surface area contributed by atoms with Crippen molar-refractivity contribution in [2.45, 2.75) is 19.4 Å². The molecule has 0 bridgehead atoms. The van der Waals surface area contributed by atoms with Crippen LogP contribution < -0.4 is 10.3 Å². The number of rotatable bonds is 3. The number of hydrogen-bond donors (Lipinski definition) is 2. The van der Waals surface area contributed by atoms with Crippen molar-refractivity contribution in [1.29, 1.82) is 0 Å². The highest BCUT2D eigenvalue weighted by Crippen LogP contribution is 2.10. The van der Waals surface area contributed by atoms with Crippen molar-refractivity contribution < 1.29 is 19.1 Å². The van der Waals surface area contributed by atoms with Crippen LogP contribution >= 0.6 is 0 Å². The van der Waals surface area contributed by atoms with Crippen molar-refractivity contribution in [3.8, 4) is 5.75 Å². The molecule has 0 radical (unpaired) electrons. The fourth-order valence-corrected chi connectivity index (χ4v) is 0.733. The maximum atomic E-state index is 12.5. The van der Waals surface area contributed by atoms with Crippen molar-refractivity contribution in [3.63, 3.8) is 0 Å². The molecular formula is C10H12FNO3. The van der Waals surface area contributed by atoms with Crippen LogP contribution in [0.1, 0.15) is 13.8 Å². The second-order valence-electron chi connectivity index (χ2n) is 3.55. The monoisotopic (exact) mass is 213 g/mol. The second kappa shape index (κ2) is 4.27. The summed E-state index contributed by atoms with van der Waals surface area (Å²) in [7, 11) is 0. The summed E-state index contributed by atoms with van der Waals surface area (Å²) in [6.07, 6.45) is 0. The lowest BCUT2D eigenvalue weighted by atomic mass is 10.1. The van der Waals surface area contributed by atoms with Crippen LogP contribution in [0, 0.1) is 5.82 Å². The molecule has 1 amide bonds. The normalized spacial score (nSPS) is 10.9. The van der Waals surface area contributed by atoms with Gasteiger partial charge in [0.15, 0.2) is 5.75 Å². The fourth-order valence-electron chi connectivity index (χ4n) is 0.733. The number of carbonyl (C=O) groups excluding carboxylic acids is 1. The van der Waals surface area contributed by atoms with E-state index in [0.29, 0.717) is 0 Å². The van der Waals surface area contributed by atoms with Crippen LogP contribution in [-0.2, 0) is 4.79 Å². The second-order valence-corrected chi connectivity index (χ2v) is 3.55. The van der Waals surface area contributed by atoms with Crippen molar-refractivity contribution >= 4 is 5.91 Å². The summed E-state index contributed by atoms with van der Waals surface area (Å²) in [6.45, 7) is 2.66. The van der Waals surface area contributed by atoms with Gasteiger partial charge in [-0.25, -0.2) is 4.39 Å². The first-order chi connectivity index (χ1) is 6.89. The Morgan fingerprint density at radius 2 is 1.93 bits per heavy atom.